The number of hydrogen-bond donors (Lipinski definition) is 0. The van der Waals surface area contributed by atoms with Gasteiger partial charge in [0.1, 0.15) is 0 Å². The van der Waals surface area contributed by atoms with Crippen LogP contribution in [0.1, 0.15) is 37.9 Å². The van der Waals surface area contributed by atoms with Crippen LogP contribution in [0.25, 0.3) is 0 Å². The number of rotatable bonds is 2. The van der Waals surface area contributed by atoms with Crippen molar-refractivity contribution >= 4 is 52.3 Å². The van der Waals surface area contributed by atoms with Crippen LogP contribution in [0.15, 0.2) is 66.7 Å². The highest BCUT2D eigenvalue weighted by atomic mass is 35.5. The Labute approximate surface area is 210 Å². The number of anilines is 1. The fraction of sp³-hybridized carbons (Fsp3) is 0.185. The first-order chi connectivity index (χ1) is 16.8. The molecule has 2 fully saturated rings. The molecule has 2 saturated heterocycles. The Bertz CT molecular complexity index is 1450. The van der Waals surface area contributed by atoms with Gasteiger partial charge < -0.3 is 4.74 Å². The van der Waals surface area contributed by atoms with Crippen molar-refractivity contribution < 1.29 is 23.9 Å². The molecule has 6 nitrogen and oxygen atoms in total. The summed E-state index contributed by atoms with van der Waals surface area (Å²) in [6.45, 7) is 1.88. The van der Waals surface area contributed by atoms with Crippen molar-refractivity contribution in [1.82, 2.24) is 0 Å². The minimum Gasteiger partial charge on any atom is -0.349 e. The second-order valence-electron chi connectivity index (χ2n) is 9.00. The van der Waals surface area contributed by atoms with Gasteiger partial charge in [-0.05, 0) is 30.7 Å². The highest BCUT2D eigenvalue weighted by Gasteiger charge is 2.74. The largest absolute Gasteiger partial charge is 0.349 e. The molecule has 3 aromatic carbocycles. The number of hydrogen-bond acceptors (Lipinski definition) is 5. The molecule has 2 aliphatic heterocycles. The predicted molar refractivity (Wildman–Crippen MR) is 129 cm³/mol. The third kappa shape index (κ3) is 2.88. The van der Waals surface area contributed by atoms with Crippen molar-refractivity contribution in [3.05, 3.63) is 99.0 Å². The SMILES string of the molecule is Cc1cccc([C@H]2OC3(C(=O)c4ccccc4C3=O)[C@@H]3C(=O)N(c4ccc(Cl)cc4Cl)C(=O)[C@H]23)c1. The Morgan fingerprint density at radius 3 is 2.14 bits per heavy atom. The first kappa shape index (κ1) is 22.2. The van der Waals surface area contributed by atoms with Crippen molar-refractivity contribution in [2.75, 3.05) is 4.90 Å². The molecule has 0 N–H and O–H groups in total. The summed E-state index contributed by atoms with van der Waals surface area (Å²) in [5, 5.41) is 0.445. The normalized spacial score (nSPS) is 24.4. The highest BCUT2D eigenvalue weighted by Crippen LogP contribution is 2.58. The fourth-order valence-electron chi connectivity index (χ4n) is 5.57. The van der Waals surface area contributed by atoms with Gasteiger partial charge in [0.15, 0.2) is 0 Å². The molecule has 6 rings (SSSR count). The maximum absolute atomic E-state index is 13.9. The molecule has 1 aliphatic carbocycles. The number of carbonyl (C=O) groups is 4. The quantitative estimate of drug-likeness (QED) is 0.361. The lowest BCUT2D eigenvalue weighted by molar-refractivity contribution is -0.127. The Hall–Kier alpha value is -3.32. The van der Waals surface area contributed by atoms with Crippen LogP contribution in [0.3, 0.4) is 0 Å². The van der Waals surface area contributed by atoms with Crippen molar-refractivity contribution in [2.24, 2.45) is 11.8 Å². The molecule has 1 spiro atoms. The van der Waals surface area contributed by atoms with E-state index in [0.717, 1.165) is 10.5 Å². The van der Waals surface area contributed by atoms with Crippen LogP contribution in [-0.2, 0) is 14.3 Å². The third-order valence-corrected chi connectivity index (χ3v) is 7.58. The van der Waals surface area contributed by atoms with Gasteiger partial charge in [-0.1, -0.05) is 77.3 Å². The molecule has 0 bridgehead atoms. The second-order valence-corrected chi connectivity index (χ2v) is 9.85. The number of nitrogens with zero attached hydrogens (tertiary/aromatic N) is 1. The maximum Gasteiger partial charge on any atom is 0.241 e. The van der Waals surface area contributed by atoms with E-state index >= 15 is 0 Å². The van der Waals surface area contributed by atoms with E-state index < -0.39 is 46.9 Å². The highest BCUT2D eigenvalue weighted by molar-refractivity contribution is 6.40. The lowest BCUT2D eigenvalue weighted by Crippen LogP contribution is -2.51. The van der Waals surface area contributed by atoms with E-state index in [9.17, 15) is 19.2 Å². The van der Waals surface area contributed by atoms with E-state index in [1.165, 1.54) is 30.3 Å². The van der Waals surface area contributed by atoms with E-state index in [1.54, 1.807) is 24.3 Å². The van der Waals surface area contributed by atoms with Crippen LogP contribution in [-0.4, -0.2) is 29.0 Å². The molecule has 3 aliphatic rings. The van der Waals surface area contributed by atoms with Crippen molar-refractivity contribution in [1.29, 1.82) is 0 Å². The van der Waals surface area contributed by atoms with Crippen molar-refractivity contribution in [3.63, 3.8) is 0 Å². The number of carbonyl (C=O) groups excluding carboxylic acids is 4. The number of halogens is 2. The van der Waals surface area contributed by atoms with Crippen molar-refractivity contribution in [3.8, 4) is 0 Å². The second kappa shape index (κ2) is 7.59. The van der Waals surface area contributed by atoms with Gasteiger partial charge in [-0.25, -0.2) is 4.90 Å². The lowest BCUT2D eigenvalue weighted by Gasteiger charge is -2.27. The third-order valence-electron chi connectivity index (χ3n) is 7.04. The zero-order valence-electron chi connectivity index (χ0n) is 18.3. The van der Waals surface area contributed by atoms with Gasteiger partial charge in [0.2, 0.25) is 29.0 Å². The average Bonchev–Trinajstić information content (AvgIpc) is 3.40. The molecule has 2 heterocycles. The van der Waals surface area contributed by atoms with Gasteiger partial charge in [-0.15, -0.1) is 0 Å². The summed E-state index contributed by atoms with van der Waals surface area (Å²) < 4.78 is 6.28. The number of aryl methyl sites for hydroxylation is 1. The molecule has 3 atom stereocenters. The summed E-state index contributed by atoms with van der Waals surface area (Å²) >= 11 is 12.4. The zero-order chi connectivity index (χ0) is 24.6. The predicted octanol–water partition coefficient (Wildman–Crippen LogP) is 5.00. The van der Waals surface area contributed by atoms with Crippen LogP contribution in [0.4, 0.5) is 5.69 Å². The molecule has 8 heteroatoms. The number of benzene rings is 3. The summed E-state index contributed by atoms with van der Waals surface area (Å²) in [7, 11) is 0. The monoisotopic (exact) mass is 505 g/mol. The lowest BCUT2D eigenvalue weighted by atomic mass is 9.77. The molecule has 0 aromatic heterocycles. The van der Waals surface area contributed by atoms with Gasteiger partial charge >= 0.3 is 0 Å². The first-order valence-electron chi connectivity index (χ1n) is 11.0. The number of ketones is 2. The topological polar surface area (TPSA) is 80.8 Å². The minimum absolute atomic E-state index is 0.105. The first-order valence-corrected chi connectivity index (χ1v) is 11.8. The van der Waals surface area contributed by atoms with E-state index in [4.69, 9.17) is 27.9 Å². The summed E-state index contributed by atoms with van der Waals surface area (Å²) in [6, 6.07) is 18.1. The molecule has 0 radical (unpaired) electrons. The molecule has 0 unspecified atom stereocenters. The van der Waals surface area contributed by atoms with Crippen LogP contribution in [0.5, 0.6) is 0 Å². The number of amides is 2. The molecule has 2 amide bonds. The Balaban J connectivity index is 1.56. The summed E-state index contributed by atoms with van der Waals surface area (Å²) in [5.74, 6) is -4.90. The summed E-state index contributed by atoms with van der Waals surface area (Å²) in [5.41, 5.74) is -0.0879. The summed E-state index contributed by atoms with van der Waals surface area (Å²) in [4.78, 5) is 56.2. The number of ether oxygens (including phenoxy) is 1. The van der Waals surface area contributed by atoms with Gasteiger partial charge in [0, 0.05) is 16.1 Å². The standard InChI is InChI=1S/C27H17Cl2NO5/c1-13-5-4-6-14(11-13)22-20-21(26(34)30(25(20)33)19-10-9-15(28)12-18(19)29)27(35-22)23(31)16-7-2-3-8-17(16)24(27)32/h2-12,20-22H,1H3/t20-,21-,22+/m0/s1. The van der Waals surface area contributed by atoms with E-state index in [1.807, 2.05) is 19.1 Å². The Morgan fingerprint density at radius 2 is 1.51 bits per heavy atom. The van der Waals surface area contributed by atoms with Crippen molar-refractivity contribution in [2.45, 2.75) is 18.6 Å². The van der Waals surface area contributed by atoms with Crippen LogP contribution < -0.4 is 4.90 Å². The molecule has 0 saturated carbocycles. The smallest absolute Gasteiger partial charge is 0.241 e. The van der Waals surface area contributed by atoms with E-state index in [0.29, 0.717) is 10.6 Å². The molecule has 35 heavy (non-hydrogen) atoms. The molecular weight excluding hydrogens is 489 g/mol. The molecular formula is C27H17Cl2NO5. The van der Waals surface area contributed by atoms with E-state index in [-0.39, 0.29) is 21.8 Å². The van der Waals surface area contributed by atoms with Gasteiger partial charge in [-0.3, -0.25) is 19.2 Å². The van der Waals surface area contributed by atoms with E-state index in [2.05, 4.69) is 0 Å². The average molecular weight is 506 g/mol. The fourth-order valence-corrected chi connectivity index (χ4v) is 6.06. The van der Waals surface area contributed by atoms with Crippen LogP contribution in [0.2, 0.25) is 10.0 Å². The summed E-state index contributed by atoms with van der Waals surface area (Å²) in [6.07, 6.45) is -0.977. The van der Waals surface area contributed by atoms with Crippen LogP contribution >= 0.6 is 23.2 Å². The number of fused-ring (bicyclic) bond motifs is 3. The molecule has 3 aromatic rings. The Kier molecular flexibility index (Phi) is 4.81. The molecule has 174 valence electrons. The Morgan fingerprint density at radius 1 is 0.829 bits per heavy atom. The minimum atomic E-state index is -2.12. The van der Waals surface area contributed by atoms with Gasteiger partial charge in [0.25, 0.3) is 0 Å². The van der Waals surface area contributed by atoms with Gasteiger partial charge in [0.05, 0.1) is 28.6 Å². The van der Waals surface area contributed by atoms with Crippen LogP contribution in [0, 0.1) is 18.8 Å². The number of imide groups is 1. The van der Waals surface area contributed by atoms with Gasteiger partial charge in [-0.2, -0.15) is 0 Å². The maximum atomic E-state index is 13.9. The number of Topliss-reactive ketones (excluding diaryl/α,β-unsaturated/α-hetero) is 2. The zero-order valence-corrected chi connectivity index (χ0v) is 19.8.